The van der Waals surface area contributed by atoms with Crippen molar-refractivity contribution in [3.63, 3.8) is 0 Å². The van der Waals surface area contributed by atoms with Gasteiger partial charge in [-0.2, -0.15) is 15.5 Å². The zero-order valence-corrected chi connectivity index (χ0v) is 16.2. The minimum atomic E-state index is -0.521. The minimum absolute atomic E-state index is 0.0358. The van der Waals surface area contributed by atoms with Gasteiger partial charge in [0.15, 0.2) is 13.6 Å². The van der Waals surface area contributed by atoms with Gasteiger partial charge in [-0.05, 0) is 68.8 Å². The van der Waals surface area contributed by atoms with Crippen LogP contribution in [-0.2, 0) is 14.3 Å². The van der Waals surface area contributed by atoms with Crippen LogP contribution in [0.15, 0.2) is 58.8 Å². The normalized spacial score (nSPS) is 11.2. The van der Waals surface area contributed by atoms with Crippen LogP contribution in [0.5, 0.6) is 5.75 Å². The number of ether oxygens (including phenoxy) is 3. The first kappa shape index (κ1) is 21.1. The Labute approximate surface area is 164 Å². The standard InChI is InChI=1S/C21H23N3O4/c1-4-21(2,3)20(25)28-15-26-14-27-19-11-9-18(10-12-19)24-23-17-7-5-16(13-22)6-8-17/h5-12H,4,14-15H2,1-3H3. The molecule has 0 aliphatic carbocycles. The molecule has 0 aromatic heterocycles. The van der Waals surface area contributed by atoms with Crippen molar-refractivity contribution in [1.29, 1.82) is 5.26 Å². The Hall–Kier alpha value is -3.24. The van der Waals surface area contributed by atoms with E-state index in [2.05, 4.69) is 16.3 Å². The van der Waals surface area contributed by atoms with Crippen LogP contribution in [0.25, 0.3) is 0 Å². The highest BCUT2D eigenvalue weighted by molar-refractivity contribution is 5.75. The van der Waals surface area contributed by atoms with Gasteiger partial charge in [0.25, 0.3) is 0 Å². The number of carbonyl (C=O) groups is 1. The van der Waals surface area contributed by atoms with Crippen LogP contribution in [-0.4, -0.2) is 19.6 Å². The van der Waals surface area contributed by atoms with Gasteiger partial charge >= 0.3 is 5.97 Å². The summed E-state index contributed by atoms with van der Waals surface area (Å²) >= 11 is 0. The lowest BCUT2D eigenvalue weighted by molar-refractivity contribution is -0.172. The predicted molar refractivity (Wildman–Crippen MR) is 103 cm³/mol. The summed E-state index contributed by atoms with van der Waals surface area (Å²) in [5, 5.41) is 17.0. The van der Waals surface area contributed by atoms with E-state index in [1.165, 1.54) is 0 Å². The summed E-state index contributed by atoms with van der Waals surface area (Å²) in [7, 11) is 0. The summed E-state index contributed by atoms with van der Waals surface area (Å²) < 4.78 is 15.7. The number of hydrogen-bond donors (Lipinski definition) is 0. The van der Waals surface area contributed by atoms with Gasteiger partial charge in [0, 0.05) is 0 Å². The molecule has 0 amide bonds. The number of nitriles is 1. The second kappa shape index (κ2) is 10.2. The lowest BCUT2D eigenvalue weighted by Crippen LogP contribution is -2.26. The fourth-order valence-corrected chi connectivity index (χ4v) is 1.91. The third-order valence-electron chi connectivity index (χ3n) is 4.13. The fraction of sp³-hybridized carbons (Fsp3) is 0.333. The van der Waals surface area contributed by atoms with Crippen molar-refractivity contribution in [3.8, 4) is 11.8 Å². The minimum Gasteiger partial charge on any atom is -0.467 e. The number of nitrogens with zero attached hydrogens (tertiary/aromatic N) is 3. The number of azo groups is 1. The first-order chi connectivity index (χ1) is 13.4. The Morgan fingerprint density at radius 3 is 2.11 bits per heavy atom. The SMILES string of the molecule is CCC(C)(C)C(=O)OCOCOc1ccc(N=Nc2ccc(C#N)cc2)cc1. The molecule has 2 aromatic rings. The van der Waals surface area contributed by atoms with E-state index in [4.69, 9.17) is 19.5 Å². The monoisotopic (exact) mass is 381 g/mol. The first-order valence-electron chi connectivity index (χ1n) is 8.84. The highest BCUT2D eigenvalue weighted by Gasteiger charge is 2.26. The maximum absolute atomic E-state index is 11.8. The van der Waals surface area contributed by atoms with Gasteiger partial charge in [-0.25, -0.2) is 0 Å². The molecule has 0 radical (unpaired) electrons. The molecular formula is C21H23N3O4. The van der Waals surface area contributed by atoms with Gasteiger partial charge < -0.3 is 14.2 Å². The lowest BCUT2D eigenvalue weighted by Gasteiger charge is -2.20. The molecule has 0 spiro atoms. The Morgan fingerprint density at radius 2 is 1.57 bits per heavy atom. The molecule has 0 saturated heterocycles. The molecule has 0 saturated carbocycles. The predicted octanol–water partition coefficient (Wildman–Crippen LogP) is 5.26. The zero-order valence-electron chi connectivity index (χ0n) is 16.2. The number of esters is 1. The third kappa shape index (κ3) is 6.49. The molecule has 146 valence electrons. The van der Waals surface area contributed by atoms with Crippen LogP contribution >= 0.6 is 0 Å². The molecule has 7 nitrogen and oxygen atoms in total. The van der Waals surface area contributed by atoms with E-state index in [9.17, 15) is 4.79 Å². The highest BCUT2D eigenvalue weighted by Crippen LogP contribution is 2.22. The molecule has 0 aliphatic heterocycles. The number of benzene rings is 2. The summed E-state index contributed by atoms with van der Waals surface area (Å²) in [4.78, 5) is 11.8. The second-order valence-electron chi connectivity index (χ2n) is 6.61. The van der Waals surface area contributed by atoms with Crippen LogP contribution in [0.4, 0.5) is 11.4 Å². The lowest BCUT2D eigenvalue weighted by atomic mass is 9.91. The topological polar surface area (TPSA) is 93.3 Å². The van der Waals surface area contributed by atoms with E-state index in [0.717, 1.165) is 0 Å². The van der Waals surface area contributed by atoms with Crippen LogP contribution in [0.2, 0.25) is 0 Å². The molecule has 28 heavy (non-hydrogen) atoms. The molecule has 0 aliphatic rings. The summed E-state index contributed by atoms with van der Waals surface area (Å²) in [6.45, 7) is 5.39. The van der Waals surface area contributed by atoms with Gasteiger partial charge in [0.05, 0.1) is 28.4 Å². The van der Waals surface area contributed by atoms with Gasteiger partial charge in [-0.15, -0.1) is 0 Å². The Balaban J connectivity index is 1.74. The van der Waals surface area contributed by atoms with Crippen molar-refractivity contribution >= 4 is 17.3 Å². The Morgan fingerprint density at radius 1 is 1.00 bits per heavy atom. The fourth-order valence-electron chi connectivity index (χ4n) is 1.91. The molecule has 0 fully saturated rings. The van der Waals surface area contributed by atoms with Crippen LogP contribution in [0.1, 0.15) is 32.8 Å². The van der Waals surface area contributed by atoms with Crippen molar-refractivity contribution in [3.05, 3.63) is 54.1 Å². The molecule has 0 unspecified atom stereocenters. The first-order valence-corrected chi connectivity index (χ1v) is 8.84. The van der Waals surface area contributed by atoms with Gasteiger partial charge in [-0.3, -0.25) is 4.79 Å². The van der Waals surface area contributed by atoms with Crippen LogP contribution < -0.4 is 4.74 Å². The maximum Gasteiger partial charge on any atom is 0.313 e. The molecular weight excluding hydrogens is 358 g/mol. The quantitative estimate of drug-likeness (QED) is 0.255. The summed E-state index contributed by atoms with van der Waals surface area (Å²) in [6, 6.07) is 15.9. The molecule has 0 atom stereocenters. The Bertz CT molecular complexity index is 837. The number of hydrogen-bond acceptors (Lipinski definition) is 7. The third-order valence-corrected chi connectivity index (χ3v) is 4.13. The van der Waals surface area contributed by atoms with Gasteiger partial charge in [0.1, 0.15) is 5.75 Å². The molecule has 2 aromatic carbocycles. The van der Waals surface area contributed by atoms with E-state index in [1.54, 1.807) is 48.5 Å². The van der Waals surface area contributed by atoms with Crippen LogP contribution in [0, 0.1) is 16.7 Å². The molecule has 0 bridgehead atoms. The largest absolute Gasteiger partial charge is 0.467 e. The summed E-state index contributed by atoms with van der Waals surface area (Å²) in [6.07, 6.45) is 0.692. The summed E-state index contributed by atoms with van der Waals surface area (Å²) in [5.41, 5.74) is 1.38. The van der Waals surface area contributed by atoms with Crippen molar-refractivity contribution in [2.24, 2.45) is 15.6 Å². The van der Waals surface area contributed by atoms with E-state index in [1.807, 2.05) is 20.8 Å². The maximum atomic E-state index is 11.8. The highest BCUT2D eigenvalue weighted by atomic mass is 16.7. The molecule has 2 rings (SSSR count). The second-order valence-corrected chi connectivity index (χ2v) is 6.61. The number of rotatable bonds is 9. The van der Waals surface area contributed by atoms with Gasteiger partial charge in [-0.1, -0.05) is 6.92 Å². The van der Waals surface area contributed by atoms with Crippen molar-refractivity contribution < 1.29 is 19.0 Å². The van der Waals surface area contributed by atoms with Crippen molar-refractivity contribution in [2.75, 3.05) is 13.6 Å². The average molecular weight is 381 g/mol. The molecule has 0 heterocycles. The van der Waals surface area contributed by atoms with E-state index in [0.29, 0.717) is 29.1 Å². The van der Waals surface area contributed by atoms with E-state index >= 15 is 0 Å². The molecule has 0 N–H and O–H groups in total. The molecule has 7 heteroatoms. The smallest absolute Gasteiger partial charge is 0.313 e. The summed E-state index contributed by atoms with van der Waals surface area (Å²) in [5.74, 6) is 0.296. The van der Waals surface area contributed by atoms with E-state index < -0.39 is 5.41 Å². The Kier molecular flexibility index (Phi) is 7.66. The number of carbonyl (C=O) groups excluding carboxylic acids is 1. The van der Waals surface area contributed by atoms with Crippen molar-refractivity contribution in [2.45, 2.75) is 27.2 Å². The van der Waals surface area contributed by atoms with E-state index in [-0.39, 0.29) is 19.6 Å². The van der Waals surface area contributed by atoms with Crippen LogP contribution in [0.3, 0.4) is 0 Å². The zero-order chi connectivity index (χ0) is 20.4. The van der Waals surface area contributed by atoms with Gasteiger partial charge in [0.2, 0.25) is 0 Å². The average Bonchev–Trinajstić information content (AvgIpc) is 2.73. The van der Waals surface area contributed by atoms with Crippen molar-refractivity contribution in [1.82, 2.24) is 0 Å².